The van der Waals surface area contributed by atoms with E-state index in [2.05, 4.69) is 48.1 Å². The van der Waals surface area contributed by atoms with Gasteiger partial charge in [0.1, 0.15) is 5.75 Å². The van der Waals surface area contributed by atoms with Crippen molar-refractivity contribution in [3.63, 3.8) is 0 Å². The molecular weight excluding hydrogens is 302 g/mol. The standard InChI is InChI=1S/C19H31N3O2/c1-15(2)13-19(23)20-18(14-22-11-9-21(3)10-12-22)16-5-7-17(24-4)8-6-16/h5-8,15,18H,9-14H2,1-4H3,(H,20,23)/t18-/m1/s1. The van der Waals surface area contributed by atoms with Crippen molar-refractivity contribution < 1.29 is 9.53 Å². The van der Waals surface area contributed by atoms with Crippen molar-refractivity contribution in [2.45, 2.75) is 26.3 Å². The van der Waals surface area contributed by atoms with Crippen LogP contribution in [0.1, 0.15) is 31.9 Å². The Morgan fingerprint density at radius 3 is 2.33 bits per heavy atom. The van der Waals surface area contributed by atoms with Crippen LogP contribution in [0.15, 0.2) is 24.3 Å². The second-order valence-corrected chi connectivity index (χ2v) is 7.10. The van der Waals surface area contributed by atoms with Gasteiger partial charge in [0.25, 0.3) is 0 Å². The van der Waals surface area contributed by atoms with E-state index < -0.39 is 0 Å². The van der Waals surface area contributed by atoms with Crippen LogP contribution in [0.4, 0.5) is 0 Å². The number of methoxy groups -OCH3 is 1. The molecule has 1 saturated heterocycles. The third kappa shape index (κ3) is 5.80. The SMILES string of the molecule is COc1ccc([C@@H](CN2CCN(C)CC2)NC(=O)CC(C)C)cc1. The molecule has 0 aliphatic carbocycles. The molecule has 0 unspecified atom stereocenters. The van der Waals surface area contributed by atoms with Gasteiger partial charge in [0.2, 0.25) is 5.91 Å². The fourth-order valence-corrected chi connectivity index (χ4v) is 2.98. The fourth-order valence-electron chi connectivity index (χ4n) is 2.98. The molecule has 1 aliphatic rings. The van der Waals surface area contributed by atoms with Gasteiger partial charge in [0, 0.05) is 39.1 Å². The minimum atomic E-state index is 0.0190. The highest BCUT2D eigenvalue weighted by atomic mass is 16.5. The van der Waals surface area contributed by atoms with Gasteiger partial charge in [-0.1, -0.05) is 26.0 Å². The molecule has 1 amide bonds. The van der Waals surface area contributed by atoms with Crippen LogP contribution in [0, 0.1) is 5.92 Å². The molecule has 134 valence electrons. The lowest BCUT2D eigenvalue weighted by Gasteiger charge is -2.35. The summed E-state index contributed by atoms with van der Waals surface area (Å²) in [5.41, 5.74) is 1.13. The third-order valence-electron chi connectivity index (χ3n) is 4.48. The number of hydrogen-bond donors (Lipinski definition) is 1. The first-order chi connectivity index (χ1) is 11.5. The molecule has 0 spiro atoms. The molecule has 1 atom stereocenters. The summed E-state index contributed by atoms with van der Waals surface area (Å²) in [5, 5.41) is 3.23. The normalized spacial score (nSPS) is 17.7. The van der Waals surface area contributed by atoms with Crippen molar-refractivity contribution >= 4 is 5.91 Å². The molecule has 1 aromatic rings. The number of benzene rings is 1. The highest BCUT2D eigenvalue weighted by Crippen LogP contribution is 2.20. The number of nitrogens with zero attached hydrogens (tertiary/aromatic N) is 2. The van der Waals surface area contributed by atoms with Gasteiger partial charge < -0.3 is 15.0 Å². The molecule has 1 N–H and O–H groups in total. The summed E-state index contributed by atoms with van der Waals surface area (Å²) in [4.78, 5) is 17.1. The first-order valence-electron chi connectivity index (χ1n) is 8.82. The molecule has 1 heterocycles. The second-order valence-electron chi connectivity index (χ2n) is 7.10. The van der Waals surface area contributed by atoms with Crippen molar-refractivity contribution in [2.24, 2.45) is 5.92 Å². The Kier molecular flexibility index (Phi) is 7.06. The molecule has 0 saturated carbocycles. The molecule has 5 nitrogen and oxygen atoms in total. The topological polar surface area (TPSA) is 44.8 Å². The van der Waals surface area contributed by atoms with Crippen molar-refractivity contribution in [1.82, 2.24) is 15.1 Å². The molecule has 24 heavy (non-hydrogen) atoms. The Labute approximate surface area is 146 Å². The summed E-state index contributed by atoms with van der Waals surface area (Å²) in [6.07, 6.45) is 0.565. The smallest absolute Gasteiger partial charge is 0.220 e. The average molecular weight is 333 g/mol. The van der Waals surface area contributed by atoms with Crippen LogP contribution >= 0.6 is 0 Å². The summed E-state index contributed by atoms with van der Waals surface area (Å²) in [7, 11) is 3.82. The first-order valence-corrected chi connectivity index (χ1v) is 8.82. The lowest BCUT2D eigenvalue weighted by Crippen LogP contribution is -2.47. The van der Waals surface area contributed by atoms with Crippen LogP contribution in [-0.4, -0.2) is 62.6 Å². The Bertz CT molecular complexity index is 508. The number of amides is 1. The van der Waals surface area contributed by atoms with Gasteiger partial charge in [-0.2, -0.15) is 0 Å². The van der Waals surface area contributed by atoms with E-state index in [-0.39, 0.29) is 11.9 Å². The number of piperazine rings is 1. The van der Waals surface area contributed by atoms with E-state index in [1.165, 1.54) is 0 Å². The molecule has 0 radical (unpaired) electrons. The maximum Gasteiger partial charge on any atom is 0.220 e. The molecule has 1 fully saturated rings. The molecular formula is C19H31N3O2. The van der Waals surface area contributed by atoms with Crippen molar-refractivity contribution in [3.05, 3.63) is 29.8 Å². The Hall–Kier alpha value is -1.59. The summed E-state index contributed by atoms with van der Waals surface area (Å²) >= 11 is 0. The zero-order valence-corrected chi connectivity index (χ0v) is 15.4. The van der Waals surface area contributed by atoms with Crippen LogP contribution in [-0.2, 0) is 4.79 Å². The van der Waals surface area contributed by atoms with Crippen molar-refractivity contribution in [2.75, 3.05) is 46.9 Å². The first kappa shape index (κ1) is 18.7. The van der Waals surface area contributed by atoms with E-state index in [9.17, 15) is 4.79 Å². The lowest BCUT2D eigenvalue weighted by atomic mass is 10.0. The van der Waals surface area contributed by atoms with E-state index in [1.807, 2.05) is 12.1 Å². The fraction of sp³-hybridized carbons (Fsp3) is 0.632. The second kappa shape index (κ2) is 9.04. The number of carbonyl (C=O) groups is 1. The van der Waals surface area contributed by atoms with Gasteiger partial charge in [0.05, 0.1) is 13.2 Å². The Morgan fingerprint density at radius 2 is 1.79 bits per heavy atom. The Balaban J connectivity index is 2.06. The summed E-state index contributed by atoms with van der Waals surface area (Å²) in [6, 6.07) is 8.04. The molecule has 1 aromatic carbocycles. The van der Waals surface area contributed by atoms with Crippen LogP contribution in [0.3, 0.4) is 0 Å². The number of nitrogens with one attached hydrogen (secondary N) is 1. The van der Waals surface area contributed by atoms with Crippen molar-refractivity contribution in [1.29, 1.82) is 0 Å². The number of ether oxygens (including phenoxy) is 1. The van der Waals surface area contributed by atoms with E-state index >= 15 is 0 Å². The number of carbonyl (C=O) groups excluding carboxylic acids is 1. The monoisotopic (exact) mass is 333 g/mol. The highest BCUT2D eigenvalue weighted by Gasteiger charge is 2.21. The van der Waals surface area contributed by atoms with Gasteiger partial charge in [-0.15, -0.1) is 0 Å². The molecule has 0 aromatic heterocycles. The van der Waals surface area contributed by atoms with E-state index in [0.29, 0.717) is 12.3 Å². The molecule has 2 rings (SSSR count). The largest absolute Gasteiger partial charge is 0.497 e. The number of likely N-dealkylation sites (N-methyl/N-ethyl adjacent to an activating group) is 1. The Morgan fingerprint density at radius 1 is 1.17 bits per heavy atom. The van der Waals surface area contributed by atoms with E-state index in [0.717, 1.165) is 44.0 Å². The maximum absolute atomic E-state index is 12.3. The van der Waals surface area contributed by atoms with Crippen molar-refractivity contribution in [3.8, 4) is 5.75 Å². The van der Waals surface area contributed by atoms with E-state index in [1.54, 1.807) is 7.11 Å². The predicted molar refractivity (Wildman–Crippen MR) is 97.3 cm³/mol. The molecule has 5 heteroatoms. The maximum atomic E-state index is 12.3. The minimum Gasteiger partial charge on any atom is -0.497 e. The molecule has 0 bridgehead atoms. The van der Waals surface area contributed by atoms with Gasteiger partial charge in [0.15, 0.2) is 0 Å². The minimum absolute atomic E-state index is 0.0190. The average Bonchev–Trinajstić information content (AvgIpc) is 2.55. The lowest BCUT2D eigenvalue weighted by molar-refractivity contribution is -0.122. The zero-order valence-electron chi connectivity index (χ0n) is 15.4. The highest BCUT2D eigenvalue weighted by molar-refractivity contribution is 5.76. The van der Waals surface area contributed by atoms with Gasteiger partial charge >= 0.3 is 0 Å². The zero-order chi connectivity index (χ0) is 17.5. The quantitative estimate of drug-likeness (QED) is 0.830. The summed E-state index contributed by atoms with van der Waals surface area (Å²) in [5.74, 6) is 1.33. The van der Waals surface area contributed by atoms with Crippen LogP contribution in [0.25, 0.3) is 0 Å². The predicted octanol–water partition coefficient (Wildman–Crippen LogP) is 2.15. The third-order valence-corrected chi connectivity index (χ3v) is 4.48. The number of hydrogen-bond acceptors (Lipinski definition) is 4. The van der Waals surface area contributed by atoms with Crippen LogP contribution in [0.5, 0.6) is 5.75 Å². The number of rotatable bonds is 7. The van der Waals surface area contributed by atoms with Crippen LogP contribution < -0.4 is 10.1 Å². The molecule has 1 aliphatic heterocycles. The van der Waals surface area contributed by atoms with Gasteiger partial charge in [-0.3, -0.25) is 9.69 Å². The van der Waals surface area contributed by atoms with E-state index in [4.69, 9.17) is 4.74 Å². The summed E-state index contributed by atoms with van der Waals surface area (Å²) < 4.78 is 5.24. The van der Waals surface area contributed by atoms with Crippen LogP contribution in [0.2, 0.25) is 0 Å². The van der Waals surface area contributed by atoms with Gasteiger partial charge in [-0.25, -0.2) is 0 Å². The van der Waals surface area contributed by atoms with Gasteiger partial charge in [-0.05, 0) is 30.7 Å². The summed E-state index contributed by atoms with van der Waals surface area (Å²) in [6.45, 7) is 9.24.